The molecular weight excluding hydrogens is 218 g/mol. The van der Waals surface area contributed by atoms with Crippen LogP contribution in [0.5, 0.6) is 0 Å². The molecule has 0 amide bonds. The van der Waals surface area contributed by atoms with E-state index in [9.17, 15) is 0 Å². The molecule has 16 heavy (non-hydrogen) atoms. The Hall–Kier alpha value is -0.710. The SMILES string of the molecule is CC.CN(C)CCNSc1cccc(N)c1. The van der Waals surface area contributed by atoms with Crippen LogP contribution in [0.25, 0.3) is 0 Å². The van der Waals surface area contributed by atoms with E-state index in [2.05, 4.69) is 23.7 Å². The topological polar surface area (TPSA) is 41.3 Å². The van der Waals surface area contributed by atoms with Crippen molar-refractivity contribution in [3.8, 4) is 0 Å². The summed E-state index contributed by atoms with van der Waals surface area (Å²) in [7, 11) is 4.12. The van der Waals surface area contributed by atoms with Crippen LogP contribution in [0.1, 0.15) is 13.8 Å². The third kappa shape index (κ3) is 7.56. The average molecular weight is 241 g/mol. The zero-order valence-electron chi connectivity index (χ0n) is 10.7. The van der Waals surface area contributed by atoms with Crippen LogP contribution in [0.2, 0.25) is 0 Å². The summed E-state index contributed by atoms with van der Waals surface area (Å²) in [5.41, 5.74) is 6.47. The number of nitrogen functional groups attached to an aromatic ring is 1. The molecule has 3 N–H and O–H groups in total. The van der Waals surface area contributed by atoms with Crippen molar-refractivity contribution in [3.05, 3.63) is 24.3 Å². The van der Waals surface area contributed by atoms with Gasteiger partial charge in [-0.1, -0.05) is 19.9 Å². The molecular formula is C12H23N3S. The van der Waals surface area contributed by atoms with E-state index in [4.69, 9.17) is 5.73 Å². The molecule has 0 saturated carbocycles. The molecule has 0 atom stereocenters. The number of nitrogens with one attached hydrogen (secondary N) is 1. The maximum absolute atomic E-state index is 5.66. The van der Waals surface area contributed by atoms with Crippen LogP contribution in [0.15, 0.2) is 29.2 Å². The summed E-state index contributed by atoms with van der Waals surface area (Å²) in [6.45, 7) is 6.00. The molecule has 0 heterocycles. The van der Waals surface area contributed by atoms with Gasteiger partial charge in [-0.2, -0.15) is 0 Å². The Balaban J connectivity index is 0.00000106. The fourth-order valence-corrected chi connectivity index (χ4v) is 1.68. The lowest BCUT2D eigenvalue weighted by Crippen LogP contribution is -2.22. The molecule has 3 nitrogen and oxygen atoms in total. The molecule has 1 aromatic rings. The van der Waals surface area contributed by atoms with Gasteiger partial charge < -0.3 is 10.6 Å². The number of nitrogens with zero attached hydrogens (tertiary/aromatic N) is 1. The highest BCUT2D eigenvalue weighted by molar-refractivity contribution is 7.97. The second-order valence-electron chi connectivity index (χ2n) is 3.37. The Bertz CT molecular complexity index is 277. The molecule has 0 spiro atoms. The zero-order valence-corrected chi connectivity index (χ0v) is 11.5. The predicted molar refractivity (Wildman–Crippen MR) is 74.6 cm³/mol. The summed E-state index contributed by atoms with van der Waals surface area (Å²) in [6.07, 6.45) is 0. The Kier molecular flexibility index (Phi) is 9.09. The normalized spacial score (nSPS) is 9.81. The lowest BCUT2D eigenvalue weighted by Gasteiger charge is -2.09. The summed E-state index contributed by atoms with van der Waals surface area (Å²) >= 11 is 1.62. The van der Waals surface area contributed by atoms with E-state index in [1.54, 1.807) is 11.9 Å². The second kappa shape index (κ2) is 9.51. The van der Waals surface area contributed by atoms with E-state index in [-0.39, 0.29) is 0 Å². The standard InChI is InChI=1S/C10H17N3S.C2H6/c1-13(2)7-6-12-14-10-5-3-4-9(11)8-10;1-2/h3-5,8,12H,6-7,11H2,1-2H3;1-2H3. The van der Waals surface area contributed by atoms with Crippen LogP contribution in [0.4, 0.5) is 5.69 Å². The van der Waals surface area contributed by atoms with Crippen molar-refractivity contribution in [1.29, 1.82) is 0 Å². The fourth-order valence-electron chi connectivity index (χ4n) is 0.982. The van der Waals surface area contributed by atoms with Gasteiger partial charge in [-0.25, -0.2) is 0 Å². The molecule has 0 bridgehead atoms. The first-order valence-corrected chi connectivity index (χ1v) is 6.40. The van der Waals surface area contributed by atoms with Gasteiger partial charge in [0.25, 0.3) is 0 Å². The van der Waals surface area contributed by atoms with Crippen LogP contribution in [0.3, 0.4) is 0 Å². The average Bonchev–Trinajstić information content (AvgIpc) is 2.27. The maximum atomic E-state index is 5.66. The van der Waals surface area contributed by atoms with Gasteiger partial charge in [-0.15, -0.1) is 0 Å². The van der Waals surface area contributed by atoms with Crippen LogP contribution in [-0.4, -0.2) is 32.1 Å². The minimum Gasteiger partial charge on any atom is -0.399 e. The van der Waals surface area contributed by atoms with Gasteiger partial charge in [0, 0.05) is 23.7 Å². The lowest BCUT2D eigenvalue weighted by atomic mass is 10.3. The third-order valence-corrected chi connectivity index (χ3v) is 2.55. The number of anilines is 1. The molecule has 92 valence electrons. The molecule has 0 aromatic heterocycles. The van der Waals surface area contributed by atoms with Gasteiger partial charge in [0.2, 0.25) is 0 Å². The maximum Gasteiger partial charge on any atom is 0.0325 e. The Morgan fingerprint density at radius 3 is 2.56 bits per heavy atom. The first kappa shape index (κ1) is 15.3. The highest BCUT2D eigenvalue weighted by atomic mass is 32.2. The zero-order chi connectivity index (χ0) is 12.4. The number of hydrogen-bond donors (Lipinski definition) is 2. The quantitative estimate of drug-likeness (QED) is 0.472. The van der Waals surface area contributed by atoms with Crippen LogP contribution < -0.4 is 10.5 Å². The summed E-state index contributed by atoms with van der Waals surface area (Å²) in [5.74, 6) is 0. The molecule has 0 unspecified atom stereocenters. The van der Waals surface area contributed by atoms with Crippen molar-refractivity contribution in [1.82, 2.24) is 9.62 Å². The van der Waals surface area contributed by atoms with Crippen LogP contribution >= 0.6 is 11.9 Å². The van der Waals surface area contributed by atoms with Crippen molar-refractivity contribution in [2.24, 2.45) is 0 Å². The summed E-state index contributed by atoms with van der Waals surface area (Å²) < 4.78 is 3.28. The first-order valence-electron chi connectivity index (χ1n) is 5.58. The minimum atomic E-state index is 0.810. The Labute approximate surface area is 104 Å². The summed E-state index contributed by atoms with van der Waals surface area (Å²) in [5, 5.41) is 0. The number of benzene rings is 1. The van der Waals surface area contributed by atoms with E-state index < -0.39 is 0 Å². The minimum absolute atomic E-state index is 0.810. The smallest absolute Gasteiger partial charge is 0.0325 e. The van der Waals surface area contributed by atoms with E-state index in [1.165, 1.54) is 0 Å². The van der Waals surface area contributed by atoms with Crippen molar-refractivity contribution in [2.75, 3.05) is 32.9 Å². The van der Waals surface area contributed by atoms with Crippen LogP contribution in [0, 0.1) is 0 Å². The molecule has 1 aromatic carbocycles. The molecule has 0 aliphatic rings. The highest BCUT2D eigenvalue weighted by Crippen LogP contribution is 2.16. The largest absolute Gasteiger partial charge is 0.399 e. The van der Waals surface area contributed by atoms with Crippen LogP contribution in [-0.2, 0) is 0 Å². The van der Waals surface area contributed by atoms with Gasteiger partial charge in [0.15, 0.2) is 0 Å². The number of nitrogens with two attached hydrogens (primary N) is 1. The molecule has 0 fully saturated rings. The second-order valence-corrected chi connectivity index (χ2v) is 4.34. The van der Waals surface area contributed by atoms with Crippen molar-refractivity contribution < 1.29 is 0 Å². The third-order valence-electron chi connectivity index (χ3n) is 1.71. The van der Waals surface area contributed by atoms with E-state index in [0.29, 0.717) is 0 Å². The van der Waals surface area contributed by atoms with Gasteiger partial charge in [0.1, 0.15) is 0 Å². The van der Waals surface area contributed by atoms with E-state index in [0.717, 1.165) is 23.7 Å². The lowest BCUT2D eigenvalue weighted by molar-refractivity contribution is 0.415. The molecule has 0 aliphatic carbocycles. The van der Waals surface area contributed by atoms with Gasteiger partial charge in [-0.3, -0.25) is 4.72 Å². The molecule has 0 saturated heterocycles. The summed E-state index contributed by atoms with van der Waals surface area (Å²) in [6, 6.07) is 7.87. The first-order chi connectivity index (χ1) is 7.68. The van der Waals surface area contributed by atoms with E-state index >= 15 is 0 Å². The Morgan fingerprint density at radius 2 is 2.00 bits per heavy atom. The van der Waals surface area contributed by atoms with Gasteiger partial charge in [-0.05, 0) is 44.2 Å². The molecule has 0 aliphatic heterocycles. The number of rotatable bonds is 5. The molecule has 1 rings (SSSR count). The number of hydrogen-bond acceptors (Lipinski definition) is 4. The Morgan fingerprint density at radius 1 is 1.31 bits per heavy atom. The van der Waals surface area contributed by atoms with Gasteiger partial charge >= 0.3 is 0 Å². The molecule has 4 heteroatoms. The molecule has 0 radical (unpaired) electrons. The van der Waals surface area contributed by atoms with E-state index in [1.807, 2.05) is 38.1 Å². The van der Waals surface area contributed by atoms with Gasteiger partial charge in [0.05, 0.1) is 0 Å². The van der Waals surface area contributed by atoms with Crippen molar-refractivity contribution in [3.63, 3.8) is 0 Å². The fraction of sp³-hybridized carbons (Fsp3) is 0.500. The van der Waals surface area contributed by atoms with Crippen molar-refractivity contribution in [2.45, 2.75) is 18.7 Å². The summed E-state index contributed by atoms with van der Waals surface area (Å²) in [4.78, 5) is 3.30. The monoisotopic (exact) mass is 241 g/mol. The highest BCUT2D eigenvalue weighted by Gasteiger charge is 1.94. The number of likely N-dealkylation sites (N-methyl/N-ethyl adjacent to an activating group) is 1. The van der Waals surface area contributed by atoms with Crippen molar-refractivity contribution >= 4 is 17.6 Å². The predicted octanol–water partition coefficient (Wildman–Crippen LogP) is 2.45.